The molecule has 0 unspecified atom stereocenters. The Hall–Kier alpha value is -1.56. The van der Waals surface area contributed by atoms with Crippen molar-refractivity contribution in [1.82, 2.24) is 15.0 Å². The predicted octanol–water partition coefficient (Wildman–Crippen LogP) is 3.15. The van der Waals surface area contributed by atoms with Gasteiger partial charge in [0.25, 0.3) is 5.56 Å². The molecule has 0 aliphatic heterocycles. The van der Waals surface area contributed by atoms with Crippen LogP contribution in [0, 0.1) is 11.3 Å². The summed E-state index contributed by atoms with van der Waals surface area (Å²) in [6, 6.07) is -0.569. The Morgan fingerprint density at radius 1 is 1.39 bits per heavy atom. The largest absolute Gasteiger partial charge is 0.298 e. The molecule has 0 radical (unpaired) electrons. The maximum atomic E-state index is 12.8. The lowest BCUT2D eigenvalue weighted by atomic mass is 9.72. The van der Waals surface area contributed by atoms with Crippen molar-refractivity contribution in [2.24, 2.45) is 11.3 Å². The number of nitrogens with zero attached hydrogens (tertiary/aromatic N) is 3. The first-order valence-electron chi connectivity index (χ1n) is 8.10. The molecule has 23 heavy (non-hydrogen) atoms. The molecular formula is C17H23N3O2S. The minimum Gasteiger partial charge on any atom is -0.298 e. The van der Waals surface area contributed by atoms with Crippen LogP contribution in [0.2, 0.25) is 0 Å². The van der Waals surface area contributed by atoms with Crippen LogP contribution >= 0.6 is 11.3 Å². The number of aryl methyl sites for hydroxylation is 1. The van der Waals surface area contributed by atoms with E-state index in [9.17, 15) is 9.59 Å². The molecule has 6 heteroatoms. The Kier molecular flexibility index (Phi) is 3.91. The third-order valence-corrected chi connectivity index (χ3v) is 6.22. The summed E-state index contributed by atoms with van der Waals surface area (Å²) in [6.45, 7) is 9.99. The van der Waals surface area contributed by atoms with Gasteiger partial charge in [-0.25, -0.2) is 4.68 Å². The minimum absolute atomic E-state index is 0.0855. The Labute approximate surface area is 139 Å². The van der Waals surface area contributed by atoms with Gasteiger partial charge in [-0.15, -0.1) is 16.4 Å². The van der Waals surface area contributed by atoms with Crippen LogP contribution in [0.5, 0.6) is 0 Å². The first-order chi connectivity index (χ1) is 10.7. The van der Waals surface area contributed by atoms with E-state index in [2.05, 4.69) is 31.1 Å². The zero-order valence-electron chi connectivity index (χ0n) is 14.3. The van der Waals surface area contributed by atoms with E-state index in [1.165, 1.54) is 16.5 Å². The maximum Gasteiger partial charge on any atom is 0.279 e. The van der Waals surface area contributed by atoms with Crippen molar-refractivity contribution in [2.75, 3.05) is 0 Å². The molecule has 0 aromatic carbocycles. The van der Waals surface area contributed by atoms with Crippen molar-refractivity contribution in [1.29, 1.82) is 0 Å². The van der Waals surface area contributed by atoms with Crippen LogP contribution in [0.25, 0.3) is 10.2 Å². The Morgan fingerprint density at radius 2 is 2.09 bits per heavy atom. The van der Waals surface area contributed by atoms with E-state index in [-0.39, 0.29) is 16.8 Å². The molecule has 124 valence electrons. The average molecular weight is 333 g/mol. The van der Waals surface area contributed by atoms with Gasteiger partial charge in [0, 0.05) is 4.88 Å². The number of rotatable bonds is 2. The maximum absolute atomic E-state index is 12.8. The molecule has 0 saturated heterocycles. The summed E-state index contributed by atoms with van der Waals surface area (Å²) in [5.74, 6) is 0.534. The van der Waals surface area contributed by atoms with Gasteiger partial charge in [0.05, 0.1) is 5.39 Å². The number of carbonyl (C=O) groups is 1. The van der Waals surface area contributed by atoms with Crippen LogP contribution in [-0.4, -0.2) is 20.8 Å². The van der Waals surface area contributed by atoms with E-state index < -0.39 is 6.04 Å². The predicted molar refractivity (Wildman–Crippen MR) is 92.0 cm³/mol. The molecular weight excluding hydrogens is 310 g/mol. The Morgan fingerprint density at radius 3 is 2.70 bits per heavy atom. The lowest BCUT2D eigenvalue weighted by Gasteiger charge is -2.33. The number of thiophene rings is 1. The quantitative estimate of drug-likeness (QED) is 0.847. The van der Waals surface area contributed by atoms with Crippen molar-refractivity contribution < 1.29 is 4.79 Å². The highest BCUT2D eigenvalue weighted by Gasteiger charge is 2.32. The van der Waals surface area contributed by atoms with Crippen molar-refractivity contribution in [3.05, 3.63) is 20.8 Å². The van der Waals surface area contributed by atoms with E-state index in [0.29, 0.717) is 16.1 Å². The third kappa shape index (κ3) is 2.73. The van der Waals surface area contributed by atoms with Gasteiger partial charge in [-0.2, -0.15) is 0 Å². The molecule has 0 spiro atoms. The van der Waals surface area contributed by atoms with Crippen LogP contribution in [0.4, 0.5) is 0 Å². The number of aromatic nitrogens is 3. The number of hydrogen-bond donors (Lipinski definition) is 0. The Balaban J connectivity index is 2.11. The molecule has 1 aliphatic rings. The fourth-order valence-corrected chi connectivity index (χ4v) is 4.51. The first-order valence-corrected chi connectivity index (χ1v) is 8.92. The van der Waals surface area contributed by atoms with Crippen molar-refractivity contribution >= 4 is 27.3 Å². The van der Waals surface area contributed by atoms with Crippen molar-refractivity contribution in [2.45, 2.75) is 59.9 Å². The van der Waals surface area contributed by atoms with Gasteiger partial charge < -0.3 is 0 Å². The van der Waals surface area contributed by atoms with E-state index in [0.717, 1.165) is 24.8 Å². The monoisotopic (exact) mass is 333 g/mol. The van der Waals surface area contributed by atoms with Crippen LogP contribution in [0.1, 0.15) is 57.5 Å². The van der Waals surface area contributed by atoms with Crippen molar-refractivity contribution in [3.63, 3.8) is 0 Å². The fraction of sp³-hybridized carbons (Fsp3) is 0.647. The van der Waals surface area contributed by atoms with Gasteiger partial charge in [0.1, 0.15) is 6.04 Å². The highest BCUT2D eigenvalue weighted by atomic mass is 32.1. The normalized spacial score (nSPS) is 19.6. The number of Topliss-reactive ketones (excluding diaryl/α,β-unsaturated/α-hetero) is 1. The zero-order valence-corrected chi connectivity index (χ0v) is 15.2. The van der Waals surface area contributed by atoms with Gasteiger partial charge in [-0.3, -0.25) is 9.59 Å². The molecule has 2 heterocycles. The smallest absolute Gasteiger partial charge is 0.279 e. The van der Waals surface area contributed by atoms with Crippen LogP contribution < -0.4 is 5.56 Å². The SMILES string of the molecule is CC(=O)[C@@H](C)n1nnc2sc3c(c2c1=O)CC[C@H](C(C)(C)C)C3. The first kappa shape index (κ1) is 16.3. The molecule has 0 bridgehead atoms. The van der Waals surface area contributed by atoms with Gasteiger partial charge in [0.2, 0.25) is 0 Å². The molecule has 2 aromatic rings. The molecule has 0 saturated carbocycles. The van der Waals surface area contributed by atoms with Crippen LogP contribution in [0.3, 0.4) is 0 Å². The highest BCUT2D eigenvalue weighted by molar-refractivity contribution is 7.18. The minimum atomic E-state index is -0.569. The second-order valence-corrected chi connectivity index (χ2v) is 8.70. The number of ketones is 1. The fourth-order valence-electron chi connectivity index (χ4n) is 3.27. The van der Waals surface area contributed by atoms with Gasteiger partial charge in [0.15, 0.2) is 10.6 Å². The lowest BCUT2D eigenvalue weighted by Crippen LogP contribution is -2.31. The summed E-state index contributed by atoms with van der Waals surface area (Å²) in [7, 11) is 0. The molecule has 1 aliphatic carbocycles. The lowest BCUT2D eigenvalue weighted by molar-refractivity contribution is -0.120. The second-order valence-electron chi connectivity index (χ2n) is 7.62. The second kappa shape index (κ2) is 5.51. The van der Waals surface area contributed by atoms with Crippen molar-refractivity contribution in [3.8, 4) is 0 Å². The summed E-state index contributed by atoms with van der Waals surface area (Å²) in [5.41, 5.74) is 1.22. The van der Waals surface area contributed by atoms with Gasteiger partial charge in [-0.1, -0.05) is 26.0 Å². The molecule has 3 rings (SSSR count). The number of fused-ring (bicyclic) bond motifs is 3. The molecule has 2 atom stereocenters. The summed E-state index contributed by atoms with van der Waals surface area (Å²) >= 11 is 1.59. The van der Waals surface area contributed by atoms with E-state index in [1.54, 1.807) is 18.3 Å². The zero-order chi connectivity index (χ0) is 16.9. The molecule has 5 nitrogen and oxygen atoms in total. The van der Waals surface area contributed by atoms with Gasteiger partial charge in [-0.05, 0) is 50.0 Å². The third-order valence-electron chi connectivity index (χ3n) is 5.08. The molecule has 0 amide bonds. The highest BCUT2D eigenvalue weighted by Crippen LogP contribution is 2.41. The molecule has 0 fully saturated rings. The standard InChI is InChI=1S/C17H23N3O2S/c1-9(10(2)21)20-16(22)14-12-7-6-11(17(3,4)5)8-13(12)23-15(14)18-19-20/h9,11H,6-8H2,1-5H3/t9-,11+/m1/s1. The van der Waals surface area contributed by atoms with E-state index in [1.807, 2.05) is 0 Å². The van der Waals surface area contributed by atoms with E-state index >= 15 is 0 Å². The topological polar surface area (TPSA) is 64.8 Å². The van der Waals surface area contributed by atoms with Gasteiger partial charge >= 0.3 is 0 Å². The van der Waals surface area contributed by atoms with Crippen LogP contribution in [0.15, 0.2) is 4.79 Å². The van der Waals surface area contributed by atoms with E-state index in [4.69, 9.17) is 0 Å². The average Bonchev–Trinajstić information content (AvgIpc) is 2.84. The van der Waals surface area contributed by atoms with Crippen LogP contribution in [-0.2, 0) is 17.6 Å². The molecule has 2 aromatic heterocycles. The summed E-state index contributed by atoms with van der Waals surface area (Å²) < 4.78 is 1.23. The summed E-state index contributed by atoms with van der Waals surface area (Å²) in [5, 5.41) is 8.88. The number of hydrogen-bond acceptors (Lipinski definition) is 5. The summed E-state index contributed by atoms with van der Waals surface area (Å²) in [6.07, 6.45) is 3.00. The Bertz CT molecular complexity index is 829. The summed E-state index contributed by atoms with van der Waals surface area (Å²) in [4.78, 5) is 26.4. The number of carbonyl (C=O) groups excluding carboxylic acids is 1. The molecule has 0 N–H and O–H groups in total.